The van der Waals surface area contributed by atoms with Crippen LogP contribution in [0.1, 0.15) is 5.56 Å². The zero-order chi connectivity index (χ0) is 9.97. The number of nitrogens with one attached hydrogen (secondary N) is 1. The van der Waals surface area contributed by atoms with Crippen molar-refractivity contribution in [3.63, 3.8) is 0 Å². The Kier molecular flexibility index (Phi) is 3.06. The fourth-order valence-corrected chi connectivity index (χ4v) is 1.72. The van der Waals surface area contributed by atoms with Crippen molar-refractivity contribution in [2.24, 2.45) is 0 Å². The highest BCUT2D eigenvalue weighted by atomic mass is 35.5. The third kappa shape index (κ3) is 2.27. The molecule has 0 bridgehead atoms. The van der Waals surface area contributed by atoms with E-state index in [4.69, 9.17) is 11.6 Å². The van der Waals surface area contributed by atoms with Crippen molar-refractivity contribution in [3.8, 4) is 0 Å². The summed E-state index contributed by atoms with van der Waals surface area (Å²) >= 11 is 5.83. The quantitative estimate of drug-likeness (QED) is 0.818. The van der Waals surface area contributed by atoms with Gasteiger partial charge in [-0.2, -0.15) is 0 Å². The number of benzene rings is 1. The maximum atomic E-state index is 5.83. The standard InChI is InChI=1S/C11H15ClN2/c1-14(11-6-13-7-11)8-9-2-4-10(12)5-3-9/h2-5,11,13H,6-8H2,1H3. The summed E-state index contributed by atoms with van der Waals surface area (Å²) < 4.78 is 0. The average molecular weight is 211 g/mol. The van der Waals surface area contributed by atoms with E-state index in [2.05, 4.69) is 29.4 Å². The lowest BCUT2D eigenvalue weighted by Gasteiger charge is -2.35. The third-order valence-electron chi connectivity index (χ3n) is 2.73. The van der Waals surface area contributed by atoms with Crippen LogP contribution in [0, 0.1) is 0 Å². The number of likely N-dealkylation sites (N-methyl/N-ethyl adjacent to an activating group) is 1. The molecule has 0 radical (unpaired) electrons. The zero-order valence-electron chi connectivity index (χ0n) is 8.33. The van der Waals surface area contributed by atoms with Crippen LogP contribution in [0.2, 0.25) is 5.02 Å². The molecule has 0 atom stereocenters. The maximum Gasteiger partial charge on any atom is 0.0406 e. The second-order valence-electron chi connectivity index (χ2n) is 3.85. The molecule has 76 valence electrons. The van der Waals surface area contributed by atoms with Crippen molar-refractivity contribution in [1.29, 1.82) is 0 Å². The molecule has 0 aliphatic carbocycles. The highest BCUT2D eigenvalue weighted by Gasteiger charge is 2.20. The molecule has 1 aromatic carbocycles. The summed E-state index contributed by atoms with van der Waals surface area (Å²) in [6.07, 6.45) is 0. The lowest BCUT2D eigenvalue weighted by atomic mass is 10.1. The number of rotatable bonds is 3. The van der Waals surface area contributed by atoms with Gasteiger partial charge in [-0.25, -0.2) is 0 Å². The molecule has 1 aliphatic heterocycles. The SMILES string of the molecule is CN(Cc1ccc(Cl)cc1)C1CNC1. The molecular weight excluding hydrogens is 196 g/mol. The molecule has 1 aromatic rings. The van der Waals surface area contributed by atoms with Crippen molar-refractivity contribution in [2.75, 3.05) is 20.1 Å². The van der Waals surface area contributed by atoms with Crippen LogP contribution in [0.3, 0.4) is 0 Å². The highest BCUT2D eigenvalue weighted by molar-refractivity contribution is 6.30. The Labute approximate surface area is 89.9 Å². The molecule has 1 heterocycles. The third-order valence-corrected chi connectivity index (χ3v) is 2.98. The number of nitrogens with zero attached hydrogens (tertiary/aromatic N) is 1. The predicted octanol–water partition coefficient (Wildman–Crippen LogP) is 1.74. The Balaban J connectivity index is 1.92. The molecule has 14 heavy (non-hydrogen) atoms. The minimum atomic E-state index is 0.700. The summed E-state index contributed by atoms with van der Waals surface area (Å²) in [5, 5.41) is 4.08. The molecule has 0 saturated carbocycles. The lowest BCUT2D eigenvalue weighted by Crippen LogP contribution is -2.55. The van der Waals surface area contributed by atoms with Gasteiger partial charge in [-0.05, 0) is 24.7 Å². The van der Waals surface area contributed by atoms with Crippen molar-refractivity contribution in [3.05, 3.63) is 34.9 Å². The summed E-state index contributed by atoms with van der Waals surface area (Å²) in [5.74, 6) is 0. The molecule has 2 nitrogen and oxygen atoms in total. The van der Waals surface area contributed by atoms with E-state index in [1.165, 1.54) is 5.56 Å². The summed E-state index contributed by atoms with van der Waals surface area (Å²) in [5.41, 5.74) is 1.32. The monoisotopic (exact) mass is 210 g/mol. The van der Waals surface area contributed by atoms with Crippen LogP contribution in [0.4, 0.5) is 0 Å². The average Bonchev–Trinajstić information content (AvgIpc) is 2.06. The molecule has 0 aromatic heterocycles. The first-order valence-electron chi connectivity index (χ1n) is 4.91. The Hall–Kier alpha value is -0.570. The first-order valence-corrected chi connectivity index (χ1v) is 5.29. The van der Waals surface area contributed by atoms with Gasteiger partial charge in [0, 0.05) is 30.7 Å². The van der Waals surface area contributed by atoms with E-state index in [9.17, 15) is 0 Å². The minimum absolute atomic E-state index is 0.700. The summed E-state index contributed by atoms with van der Waals surface area (Å²) in [4.78, 5) is 2.37. The number of hydrogen-bond donors (Lipinski definition) is 1. The Morgan fingerprint density at radius 3 is 2.50 bits per heavy atom. The van der Waals surface area contributed by atoms with E-state index in [-0.39, 0.29) is 0 Å². The Morgan fingerprint density at radius 1 is 1.36 bits per heavy atom. The number of hydrogen-bond acceptors (Lipinski definition) is 2. The first-order chi connectivity index (χ1) is 6.75. The van der Waals surface area contributed by atoms with E-state index >= 15 is 0 Å². The van der Waals surface area contributed by atoms with Gasteiger partial charge in [0.15, 0.2) is 0 Å². The normalized spacial score (nSPS) is 17.1. The molecule has 1 fully saturated rings. The Morgan fingerprint density at radius 2 is 2.00 bits per heavy atom. The second kappa shape index (κ2) is 4.30. The topological polar surface area (TPSA) is 15.3 Å². The number of halogens is 1. The van der Waals surface area contributed by atoms with E-state index in [0.717, 1.165) is 24.7 Å². The minimum Gasteiger partial charge on any atom is -0.314 e. The van der Waals surface area contributed by atoms with Crippen molar-refractivity contribution in [1.82, 2.24) is 10.2 Å². The first kappa shape index (κ1) is 9.97. The van der Waals surface area contributed by atoms with Crippen LogP contribution in [-0.2, 0) is 6.54 Å². The van der Waals surface area contributed by atoms with E-state index in [0.29, 0.717) is 6.04 Å². The fraction of sp³-hybridized carbons (Fsp3) is 0.455. The Bertz CT molecular complexity index is 293. The van der Waals surface area contributed by atoms with Crippen LogP contribution < -0.4 is 5.32 Å². The van der Waals surface area contributed by atoms with Crippen LogP contribution in [0.5, 0.6) is 0 Å². The molecule has 1 saturated heterocycles. The molecule has 2 rings (SSSR count). The molecular formula is C11H15ClN2. The van der Waals surface area contributed by atoms with Gasteiger partial charge in [-0.3, -0.25) is 4.90 Å². The van der Waals surface area contributed by atoms with E-state index in [1.807, 2.05) is 12.1 Å². The summed E-state index contributed by atoms with van der Waals surface area (Å²) in [7, 11) is 2.17. The van der Waals surface area contributed by atoms with Crippen molar-refractivity contribution < 1.29 is 0 Å². The second-order valence-corrected chi connectivity index (χ2v) is 4.29. The van der Waals surface area contributed by atoms with Gasteiger partial charge < -0.3 is 5.32 Å². The van der Waals surface area contributed by atoms with Gasteiger partial charge in [0.1, 0.15) is 0 Å². The highest BCUT2D eigenvalue weighted by Crippen LogP contribution is 2.12. The smallest absolute Gasteiger partial charge is 0.0406 e. The fourth-order valence-electron chi connectivity index (χ4n) is 1.59. The van der Waals surface area contributed by atoms with Crippen LogP contribution >= 0.6 is 11.6 Å². The van der Waals surface area contributed by atoms with E-state index < -0.39 is 0 Å². The van der Waals surface area contributed by atoms with Gasteiger partial charge >= 0.3 is 0 Å². The van der Waals surface area contributed by atoms with Crippen LogP contribution in [0.25, 0.3) is 0 Å². The molecule has 3 heteroatoms. The molecule has 0 unspecified atom stereocenters. The van der Waals surface area contributed by atoms with Gasteiger partial charge in [-0.15, -0.1) is 0 Å². The van der Waals surface area contributed by atoms with Crippen molar-refractivity contribution in [2.45, 2.75) is 12.6 Å². The van der Waals surface area contributed by atoms with Crippen LogP contribution in [-0.4, -0.2) is 31.1 Å². The predicted molar refractivity (Wildman–Crippen MR) is 59.6 cm³/mol. The largest absolute Gasteiger partial charge is 0.314 e. The summed E-state index contributed by atoms with van der Waals surface area (Å²) in [6.45, 7) is 3.23. The van der Waals surface area contributed by atoms with Crippen molar-refractivity contribution >= 4 is 11.6 Å². The molecule has 1 aliphatic rings. The molecule has 0 amide bonds. The zero-order valence-corrected chi connectivity index (χ0v) is 9.09. The van der Waals surface area contributed by atoms with E-state index in [1.54, 1.807) is 0 Å². The molecule has 0 spiro atoms. The molecule has 1 N–H and O–H groups in total. The van der Waals surface area contributed by atoms with Gasteiger partial charge in [0.25, 0.3) is 0 Å². The maximum absolute atomic E-state index is 5.83. The van der Waals surface area contributed by atoms with Gasteiger partial charge in [0.2, 0.25) is 0 Å². The lowest BCUT2D eigenvalue weighted by molar-refractivity contribution is 0.173. The van der Waals surface area contributed by atoms with Gasteiger partial charge in [-0.1, -0.05) is 23.7 Å². The van der Waals surface area contributed by atoms with Gasteiger partial charge in [0.05, 0.1) is 0 Å². The van der Waals surface area contributed by atoms with Crippen LogP contribution in [0.15, 0.2) is 24.3 Å². The summed E-state index contributed by atoms with van der Waals surface area (Å²) in [6, 6.07) is 8.77.